The van der Waals surface area contributed by atoms with Crippen molar-refractivity contribution in [2.75, 3.05) is 5.32 Å². The van der Waals surface area contributed by atoms with E-state index < -0.39 is 29.1 Å². The molecule has 0 aromatic heterocycles. The van der Waals surface area contributed by atoms with Crippen LogP contribution in [0.5, 0.6) is 0 Å². The van der Waals surface area contributed by atoms with E-state index in [1.807, 2.05) is 41.5 Å². The maximum atomic E-state index is 14.5. The van der Waals surface area contributed by atoms with Gasteiger partial charge in [-0.05, 0) is 41.5 Å². The first-order valence-electron chi connectivity index (χ1n) is 7.54. The molecule has 1 aromatic rings. The molecule has 6 nitrogen and oxygen atoms in total. The second-order valence-electron chi connectivity index (χ2n) is 7.04. The van der Waals surface area contributed by atoms with Gasteiger partial charge in [0.1, 0.15) is 11.5 Å². The number of hydrogen-bond donors (Lipinski definition) is 1. The average Bonchev–Trinajstić information content (AvgIpc) is 2.56. The van der Waals surface area contributed by atoms with E-state index in [0.29, 0.717) is 0 Å². The molecule has 0 amide bonds. The Morgan fingerprint density at radius 2 is 1.74 bits per heavy atom. The Bertz CT molecular complexity index is 618. The molecule has 2 rings (SSSR count). The zero-order valence-corrected chi connectivity index (χ0v) is 14.3. The van der Waals surface area contributed by atoms with Crippen LogP contribution in [0.4, 0.5) is 15.8 Å². The first kappa shape index (κ1) is 17.7. The lowest BCUT2D eigenvalue weighted by Crippen LogP contribution is -2.41. The quantitative estimate of drug-likeness (QED) is 0.524. The average molecular weight is 324 g/mol. The lowest BCUT2D eigenvalue weighted by atomic mass is 9.78. The minimum Gasteiger partial charge on any atom is -0.399 e. The van der Waals surface area contributed by atoms with Crippen LogP contribution in [0.1, 0.15) is 41.5 Å². The number of rotatable bonds is 4. The molecule has 0 bridgehead atoms. The number of nitrogens with zero attached hydrogens (tertiary/aromatic N) is 1. The monoisotopic (exact) mass is 324 g/mol. The van der Waals surface area contributed by atoms with Gasteiger partial charge >= 0.3 is 7.12 Å². The molecule has 126 valence electrons. The summed E-state index contributed by atoms with van der Waals surface area (Å²) in [5.74, 6) is -0.600. The number of hydrogen-bond acceptors (Lipinski definition) is 5. The van der Waals surface area contributed by atoms with Crippen LogP contribution in [0.25, 0.3) is 0 Å². The third-order valence-electron chi connectivity index (χ3n) is 4.26. The third-order valence-corrected chi connectivity index (χ3v) is 4.26. The zero-order chi connectivity index (χ0) is 17.6. The fourth-order valence-corrected chi connectivity index (χ4v) is 2.31. The molecule has 1 aromatic carbocycles. The van der Waals surface area contributed by atoms with Crippen LogP contribution >= 0.6 is 0 Å². The van der Waals surface area contributed by atoms with Crippen LogP contribution in [0.3, 0.4) is 0 Å². The number of halogens is 1. The van der Waals surface area contributed by atoms with E-state index in [9.17, 15) is 14.5 Å². The summed E-state index contributed by atoms with van der Waals surface area (Å²) in [6, 6.07) is 2.25. The Hall–Kier alpha value is -1.67. The molecule has 8 heteroatoms. The molecular formula is C15H22BFN2O4. The predicted molar refractivity (Wildman–Crippen MR) is 87.5 cm³/mol. The zero-order valence-electron chi connectivity index (χ0n) is 14.3. The minimum atomic E-state index is -0.980. The summed E-state index contributed by atoms with van der Waals surface area (Å²) >= 11 is 0. The molecule has 1 N–H and O–H groups in total. The Kier molecular flexibility index (Phi) is 4.43. The number of nitrogens with one attached hydrogen (secondary N) is 1. The van der Waals surface area contributed by atoms with Gasteiger partial charge in [-0.15, -0.1) is 0 Å². The summed E-state index contributed by atoms with van der Waals surface area (Å²) in [4.78, 5) is 10.8. The second-order valence-corrected chi connectivity index (χ2v) is 7.04. The highest BCUT2D eigenvalue weighted by Gasteiger charge is 2.52. The Balaban J connectivity index is 2.45. The van der Waals surface area contributed by atoms with E-state index in [4.69, 9.17) is 9.31 Å². The van der Waals surface area contributed by atoms with E-state index in [1.165, 1.54) is 6.07 Å². The molecular weight excluding hydrogens is 302 g/mol. The van der Waals surface area contributed by atoms with Gasteiger partial charge in [0, 0.05) is 23.6 Å². The molecule has 0 saturated carbocycles. The summed E-state index contributed by atoms with van der Waals surface area (Å²) in [7, 11) is -0.980. The summed E-state index contributed by atoms with van der Waals surface area (Å²) in [6.07, 6.45) is 0. The third kappa shape index (κ3) is 3.33. The highest BCUT2D eigenvalue weighted by Crippen LogP contribution is 2.37. The van der Waals surface area contributed by atoms with Crippen molar-refractivity contribution in [1.82, 2.24) is 0 Å². The first-order chi connectivity index (χ1) is 10.4. The first-order valence-corrected chi connectivity index (χ1v) is 7.54. The van der Waals surface area contributed by atoms with Crippen LogP contribution in [0, 0.1) is 15.9 Å². The van der Waals surface area contributed by atoms with Gasteiger partial charge in [0.25, 0.3) is 5.69 Å². The highest BCUT2D eigenvalue weighted by atomic mass is 19.1. The van der Waals surface area contributed by atoms with E-state index in [1.54, 1.807) is 0 Å². The van der Waals surface area contributed by atoms with Gasteiger partial charge in [0.15, 0.2) is 0 Å². The number of nitro groups is 1. The Morgan fingerprint density at radius 3 is 2.17 bits per heavy atom. The number of benzene rings is 1. The molecule has 1 fully saturated rings. The molecule has 1 saturated heterocycles. The van der Waals surface area contributed by atoms with Crippen LogP contribution in [0.2, 0.25) is 0 Å². The normalized spacial score (nSPS) is 19.2. The number of anilines is 1. The maximum Gasteiger partial charge on any atom is 0.498 e. The van der Waals surface area contributed by atoms with Crippen molar-refractivity contribution in [2.45, 2.75) is 58.8 Å². The van der Waals surface area contributed by atoms with Crippen molar-refractivity contribution in [1.29, 1.82) is 0 Å². The summed E-state index contributed by atoms with van der Waals surface area (Å²) in [6.45, 7) is 11.0. The summed E-state index contributed by atoms with van der Waals surface area (Å²) in [5, 5.41) is 14.2. The molecule has 0 aliphatic carbocycles. The van der Waals surface area contributed by atoms with E-state index >= 15 is 0 Å². The van der Waals surface area contributed by atoms with Crippen LogP contribution in [-0.2, 0) is 9.31 Å². The van der Waals surface area contributed by atoms with Gasteiger partial charge in [-0.25, -0.2) is 4.39 Å². The summed E-state index contributed by atoms with van der Waals surface area (Å²) in [5.41, 5.74) is -1.32. The van der Waals surface area contributed by atoms with E-state index in [2.05, 4.69) is 5.32 Å². The van der Waals surface area contributed by atoms with Gasteiger partial charge in [-0.3, -0.25) is 10.1 Å². The fraction of sp³-hybridized carbons (Fsp3) is 0.600. The second kappa shape index (κ2) is 5.76. The standard InChI is InChI=1S/C15H22BFN2O4/c1-9(2)18-12-8-11(17)10(7-13(12)19(20)21)16-22-14(3,4)15(5,6)23-16/h7-9,18H,1-6H3. The molecule has 23 heavy (non-hydrogen) atoms. The lowest BCUT2D eigenvalue weighted by Gasteiger charge is -2.32. The molecule has 1 heterocycles. The van der Waals surface area contributed by atoms with Crippen molar-refractivity contribution >= 4 is 24.0 Å². The fourth-order valence-electron chi connectivity index (χ4n) is 2.31. The molecule has 0 atom stereocenters. The lowest BCUT2D eigenvalue weighted by molar-refractivity contribution is -0.383. The van der Waals surface area contributed by atoms with Crippen molar-refractivity contribution in [3.63, 3.8) is 0 Å². The maximum absolute atomic E-state index is 14.5. The van der Waals surface area contributed by atoms with E-state index in [0.717, 1.165) is 6.07 Å². The molecule has 0 radical (unpaired) electrons. The number of nitro benzene ring substituents is 1. The van der Waals surface area contributed by atoms with Crippen LogP contribution in [0.15, 0.2) is 12.1 Å². The van der Waals surface area contributed by atoms with Crippen LogP contribution in [-0.4, -0.2) is 29.3 Å². The van der Waals surface area contributed by atoms with Crippen molar-refractivity contribution in [2.24, 2.45) is 0 Å². The Labute approximate surface area is 135 Å². The molecule has 0 spiro atoms. The molecule has 0 unspecified atom stereocenters. The molecule has 1 aliphatic rings. The van der Waals surface area contributed by atoms with Gasteiger partial charge in [-0.2, -0.15) is 0 Å². The van der Waals surface area contributed by atoms with Crippen molar-refractivity contribution in [3.8, 4) is 0 Å². The SMILES string of the molecule is CC(C)Nc1cc(F)c(B2OC(C)(C)C(C)(C)O2)cc1[N+](=O)[O-]. The van der Waals surface area contributed by atoms with Gasteiger partial charge < -0.3 is 14.6 Å². The van der Waals surface area contributed by atoms with Crippen molar-refractivity contribution in [3.05, 3.63) is 28.1 Å². The van der Waals surface area contributed by atoms with Crippen molar-refractivity contribution < 1.29 is 18.6 Å². The minimum absolute atomic E-state index is 0.0321. The molecule has 1 aliphatic heterocycles. The van der Waals surface area contributed by atoms with Gasteiger partial charge in [-0.1, -0.05) is 0 Å². The largest absolute Gasteiger partial charge is 0.498 e. The van der Waals surface area contributed by atoms with Crippen LogP contribution < -0.4 is 10.8 Å². The smallest absolute Gasteiger partial charge is 0.399 e. The van der Waals surface area contributed by atoms with E-state index in [-0.39, 0.29) is 22.9 Å². The summed E-state index contributed by atoms with van der Waals surface area (Å²) < 4.78 is 26.0. The Morgan fingerprint density at radius 1 is 1.22 bits per heavy atom. The highest BCUT2D eigenvalue weighted by molar-refractivity contribution is 6.62. The van der Waals surface area contributed by atoms with Gasteiger partial charge in [0.05, 0.1) is 16.1 Å². The van der Waals surface area contributed by atoms with Gasteiger partial charge in [0.2, 0.25) is 0 Å². The predicted octanol–water partition coefficient (Wildman–Crippen LogP) is 2.85. The topological polar surface area (TPSA) is 73.6 Å².